The first kappa shape index (κ1) is 18.4. The minimum atomic E-state index is -0.161. The molecule has 1 unspecified atom stereocenters. The molecule has 1 fully saturated rings. The van der Waals surface area contributed by atoms with Crippen molar-refractivity contribution in [2.75, 3.05) is 31.6 Å². The molecule has 9 nitrogen and oxygen atoms in total. The fourth-order valence-electron chi connectivity index (χ4n) is 2.60. The van der Waals surface area contributed by atoms with E-state index in [4.69, 9.17) is 9.26 Å². The van der Waals surface area contributed by atoms with Gasteiger partial charge in [0.05, 0.1) is 25.1 Å². The summed E-state index contributed by atoms with van der Waals surface area (Å²) in [4.78, 5) is 18.5. The summed E-state index contributed by atoms with van der Waals surface area (Å²) in [6.45, 7) is 10.7. The molecule has 0 bridgehead atoms. The van der Waals surface area contributed by atoms with E-state index in [2.05, 4.69) is 20.6 Å². The number of hydrogen-bond donors (Lipinski definition) is 1. The van der Waals surface area contributed by atoms with Crippen molar-refractivity contribution < 1.29 is 14.1 Å². The first-order valence-electron chi connectivity index (χ1n) is 8.81. The lowest BCUT2D eigenvalue weighted by Gasteiger charge is -2.26. The summed E-state index contributed by atoms with van der Waals surface area (Å²) >= 11 is 0. The number of carbonyl (C=O) groups excluding carboxylic acids is 1. The van der Waals surface area contributed by atoms with Crippen LogP contribution in [0.1, 0.15) is 45.5 Å². The van der Waals surface area contributed by atoms with Gasteiger partial charge in [-0.25, -0.2) is 0 Å². The van der Waals surface area contributed by atoms with Crippen LogP contribution in [0.2, 0.25) is 0 Å². The van der Waals surface area contributed by atoms with Crippen LogP contribution in [-0.4, -0.2) is 57.0 Å². The van der Waals surface area contributed by atoms with E-state index in [9.17, 15) is 4.79 Å². The molecule has 9 heteroatoms. The average molecular weight is 362 g/mol. The molecule has 0 spiro atoms. The maximum atomic E-state index is 12.3. The normalized spacial score (nSPS) is 16.5. The number of amides is 1. The Morgan fingerprint density at radius 3 is 2.73 bits per heavy atom. The minimum absolute atomic E-state index is 0.0442. The zero-order chi connectivity index (χ0) is 18.7. The Labute approximate surface area is 152 Å². The first-order valence-corrected chi connectivity index (χ1v) is 8.81. The van der Waals surface area contributed by atoms with E-state index in [0.29, 0.717) is 38.0 Å². The number of anilines is 1. The molecule has 2 aromatic rings. The highest BCUT2D eigenvalue weighted by atomic mass is 16.5. The zero-order valence-corrected chi connectivity index (χ0v) is 15.7. The summed E-state index contributed by atoms with van der Waals surface area (Å²) in [5, 5.41) is 11.6. The van der Waals surface area contributed by atoms with Gasteiger partial charge < -0.3 is 19.5 Å². The van der Waals surface area contributed by atoms with Gasteiger partial charge in [-0.1, -0.05) is 25.9 Å². The van der Waals surface area contributed by atoms with Gasteiger partial charge in [-0.2, -0.15) is 10.1 Å². The number of aromatic nitrogens is 4. The fraction of sp³-hybridized carbons (Fsp3) is 0.647. The van der Waals surface area contributed by atoms with Gasteiger partial charge in [0.2, 0.25) is 11.8 Å². The maximum Gasteiger partial charge on any atom is 0.248 e. The molecule has 1 N–H and O–H groups in total. The number of hydrogen-bond acceptors (Lipinski definition) is 7. The number of ether oxygens (including phenoxy) is 1. The van der Waals surface area contributed by atoms with Gasteiger partial charge in [0.15, 0.2) is 5.82 Å². The molecule has 1 aliphatic heterocycles. The fourth-order valence-corrected chi connectivity index (χ4v) is 2.60. The van der Waals surface area contributed by atoms with Crippen molar-refractivity contribution in [2.24, 2.45) is 0 Å². The molecule has 26 heavy (non-hydrogen) atoms. The van der Waals surface area contributed by atoms with Crippen LogP contribution in [-0.2, 0) is 21.5 Å². The topological polar surface area (TPSA) is 98.3 Å². The molecular weight excluding hydrogens is 336 g/mol. The summed E-state index contributed by atoms with van der Waals surface area (Å²) in [6.07, 6.45) is 3.49. The molecule has 142 valence electrons. The highest BCUT2D eigenvalue weighted by Gasteiger charge is 2.23. The smallest absolute Gasteiger partial charge is 0.248 e. The molecule has 0 aliphatic carbocycles. The molecule has 3 rings (SSSR count). The van der Waals surface area contributed by atoms with Crippen LogP contribution in [0.3, 0.4) is 0 Å². The summed E-state index contributed by atoms with van der Waals surface area (Å²) in [7, 11) is 0. The molecule has 0 radical (unpaired) electrons. The standard InChI is InChI=1S/C17H26N6O3/c1-12(15-20-16(21-26-15)17(2,3)4)19-13-9-18-23(10-13)11-14(24)22-5-7-25-8-6-22/h9-10,12,19H,5-8,11H2,1-4H3. The third-order valence-corrected chi connectivity index (χ3v) is 4.16. The molecule has 1 saturated heterocycles. The van der Waals surface area contributed by atoms with Crippen molar-refractivity contribution in [2.45, 2.75) is 45.7 Å². The van der Waals surface area contributed by atoms with Gasteiger partial charge in [-0.05, 0) is 6.92 Å². The number of carbonyl (C=O) groups is 1. The molecule has 0 saturated carbocycles. The summed E-state index contributed by atoms with van der Waals surface area (Å²) in [5.74, 6) is 1.24. The summed E-state index contributed by atoms with van der Waals surface area (Å²) in [6, 6.07) is -0.161. The lowest BCUT2D eigenvalue weighted by molar-refractivity contribution is -0.136. The van der Waals surface area contributed by atoms with Crippen LogP contribution in [0, 0.1) is 0 Å². The minimum Gasteiger partial charge on any atom is -0.378 e. The zero-order valence-electron chi connectivity index (χ0n) is 15.7. The maximum absolute atomic E-state index is 12.3. The van der Waals surface area contributed by atoms with Crippen LogP contribution in [0.25, 0.3) is 0 Å². The van der Waals surface area contributed by atoms with Gasteiger partial charge in [0.1, 0.15) is 12.6 Å². The van der Waals surface area contributed by atoms with Crippen LogP contribution in [0.5, 0.6) is 0 Å². The number of nitrogens with one attached hydrogen (secondary N) is 1. The van der Waals surface area contributed by atoms with Crippen molar-refractivity contribution in [3.8, 4) is 0 Å². The Morgan fingerprint density at radius 2 is 2.08 bits per heavy atom. The monoisotopic (exact) mass is 362 g/mol. The summed E-state index contributed by atoms with van der Waals surface area (Å²) < 4.78 is 12.2. The third kappa shape index (κ3) is 4.40. The Morgan fingerprint density at radius 1 is 1.35 bits per heavy atom. The molecule has 1 atom stereocenters. The molecular formula is C17H26N6O3. The van der Waals surface area contributed by atoms with Crippen LogP contribution >= 0.6 is 0 Å². The van der Waals surface area contributed by atoms with E-state index in [-0.39, 0.29) is 23.9 Å². The van der Waals surface area contributed by atoms with Crippen molar-refractivity contribution in [3.05, 3.63) is 24.1 Å². The largest absolute Gasteiger partial charge is 0.378 e. The highest BCUT2D eigenvalue weighted by molar-refractivity contribution is 5.76. The van der Waals surface area contributed by atoms with Gasteiger partial charge in [0, 0.05) is 24.7 Å². The molecule has 0 aromatic carbocycles. The lowest BCUT2D eigenvalue weighted by atomic mass is 9.96. The van der Waals surface area contributed by atoms with E-state index < -0.39 is 0 Å². The number of morpholine rings is 1. The molecule has 1 amide bonds. The highest BCUT2D eigenvalue weighted by Crippen LogP contribution is 2.22. The Bertz CT molecular complexity index is 742. The van der Waals surface area contributed by atoms with Crippen molar-refractivity contribution in [1.29, 1.82) is 0 Å². The summed E-state index contributed by atoms with van der Waals surface area (Å²) in [5.41, 5.74) is 0.634. The van der Waals surface area contributed by atoms with Gasteiger partial charge in [-0.15, -0.1) is 0 Å². The molecule has 1 aliphatic rings. The van der Waals surface area contributed by atoms with E-state index in [1.165, 1.54) is 0 Å². The van der Waals surface area contributed by atoms with E-state index in [0.717, 1.165) is 5.69 Å². The van der Waals surface area contributed by atoms with E-state index in [1.54, 1.807) is 22.0 Å². The van der Waals surface area contributed by atoms with Gasteiger partial charge in [-0.3, -0.25) is 9.48 Å². The SMILES string of the molecule is CC(Nc1cnn(CC(=O)N2CCOCC2)c1)c1nc(C(C)(C)C)no1. The van der Waals surface area contributed by atoms with E-state index in [1.807, 2.05) is 27.7 Å². The quantitative estimate of drug-likeness (QED) is 0.862. The Kier molecular flexibility index (Phi) is 5.26. The van der Waals surface area contributed by atoms with E-state index >= 15 is 0 Å². The molecule has 3 heterocycles. The van der Waals surface area contributed by atoms with Crippen LogP contribution < -0.4 is 5.32 Å². The second-order valence-corrected chi connectivity index (χ2v) is 7.49. The second kappa shape index (κ2) is 7.45. The van der Waals surface area contributed by atoms with Crippen LogP contribution in [0.15, 0.2) is 16.9 Å². The molecule has 2 aromatic heterocycles. The van der Waals surface area contributed by atoms with Crippen molar-refractivity contribution in [3.63, 3.8) is 0 Å². The number of rotatable bonds is 5. The Balaban J connectivity index is 1.57. The predicted molar refractivity (Wildman–Crippen MR) is 94.7 cm³/mol. The third-order valence-electron chi connectivity index (χ3n) is 4.16. The average Bonchev–Trinajstić information content (AvgIpc) is 3.25. The predicted octanol–water partition coefficient (Wildman–Crippen LogP) is 1.60. The Hall–Kier alpha value is -2.42. The van der Waals surface area contributed by atoms with Gasteiger partial charge >= 0.3 is 0 Å². The first-order chi connectivity index (χ1) is 12.3. The lowest BCUT2D eigenvalue weighted by Crippen LogP contribution is -2.42. The van der Waals surface area contributed by atoms with Gasteiger partial charge in [0.25, 0.3) is 0 Å². The second-order valence-electron chi connectivity index (χ2n) is 7.49. The number of nitrogens with zero attached hydrogens (tertiary/aromatic N) is 5. The van der Waals surface area contributed by atoms with Crippen molar-refractivity contribution >= 4 is 11.6 Å². The van der Waals surface area contributed by atoms with Crippen molar-refractivity contribution in [1.82, 2.24) is 24.8 Å². The van der Waals surface area contributed by atoms with Crippen LogP contribution in [0.4, 0.5) is 5.69 Å².